The van der Waals surface area contributed by atoms with Crippen LogP contribution in [0.15, 0.2) is 22.3 Å². The molecule has 5 rings (SSSR count). The Balaban J connectivity index is 1.64. The topological polar surface area (TPSA) is 84.9 Å². The van der Waals surface area contributed by atoms with E-state index in [1.54, 1.807) is 12.4 Å². The molecular formula is C17H22ClN5O. The highest BCUT2D eigenvalue weighted by Gasteiger charge is 2.39. The molecule has 0 unspecified atom stereocenters. The van der Waals surface area contributed by atoms with Gasteiger partial charge in [0, 0.05) is 43.4 Å². The first-order valence-electron chi connectivity index (χ1n) is 8.57. The number of fused-ring (bicyclic) bond motifs is 3. The molecule has 1 saturated carbocycles. The lowest BCUT2D eigenvalue weighted by atomic mass is 9.67. The Hall–Kier alpha value is -1.82. The van der Waals surface area contributed by atoms with E-state index in [0.717, 1.165) is 57.4 Å². The van der Waals surface area contributed by atoms with Crippen molar-refractivity contribution in [2.24, 2.45) is 11.3 Å². The first-order chi connectivity index (χ1) is 11.6. The zero-order valence-electron chi connectivity index (χ0n) is 13.6. The van der Waals surface area contributed by atoms with Crippen LogP contribution >= 0.6 is 11.6 Å². The molecule has 0 saturated heterocycles. The summed E-state index contributed by atoms with van der Waals surface area (Å²) >= 11 is 6.19. The van der Waals surface area contributed by atoms with Gasteiger partial charge in [0.05, 0.1) is 11.9 Å². The zero-order chi connectivity index (χ0) is 16.7. The summed E-state index contributed by atoms with van der Waals surface area (Å²) in [7, 11) is 0. The summed E-state index contributed by atoms with van der Waals surface area (Å²) in [6, 6.07) is 0. The maximum Gasteiger partial charge on any atom is 0.285 e. The Morgan fingerprint density at radius 1 is 1.42 bits per heavy atom. The average molecular weight is 348 g/mol. The van der Waals surface area contributed by atoms with Gasteiger partial charge < -0.3 is 15.6 Å². The molecule has 1 aromatic rings. The number of halogens is 1. The number of hydrogen-bond donors (Lipinski definition) is 3. The lowest BCUT2D eigenvalue weighted by Crippen LogP contribution is -2.46. The lowest BCUT2D eigenvalue weighted by molar-refractivity contribution is 0.226. The number of nitrogens with zero attached hydrogens (tertiary/aromatic N) is 2. The number of aromatic amines is 1. The zero-order valence-corrected chi connectivity index (χ0v) is 14.3. The van der Waals surface area contributed by atoms with Crippen molar-refractivity contribution < 1.29 is 0 Å². The second kappa shape index (κ2) is 5.92. The van der Waals surface area contributed by atoms with Crippen molar-refractivity contribution in [3.8, 4) is 0 Å². The van der Waals surface area contributed by atoms with E-state index in [0.29, 0.717) is 5.92 Å². The molecule has 1 fully saturated rings. The van der Waals surface area contributed by atoms with Gasteiger partial charge in [-0.3, -0.25) is 4.79 Å². The Kier molecular flexibility index (Phi) is 3.87. The van der Waals surface area contributed by atoms with Crippen molar-refractivity contribution in [1.29, 1.82) is 5.41 Å². The molecular weight excluding hydrogens is 326 g/mol. The lowest BCUT2D eigenvalue weighted by Gasteiger charge is -2.45. The molecule has 3 aliphatic heterocycles. The highest BCUT2D eigenvalue weighted by atomic mass is 35.5. The standard InChI is InChI=1S/C17H22ClN5O/c18-15-14(7-21-22-16(15)24)23-6-3-13-12(8-23)11-1-4-17(9-19,5-2-11)10-20-13/h7,9,11,19-20H,1-6,8,10H2,(H,22,24). The van der Waals surface area contributed by atoms with Crippen molar-refractivity contribution in [2.45, 2.75) is 32.1 Å². The van der Waals surface area contributed by atoms with Crippen LogP contribution in [0.4, 0.5) is 5.69 Å². The van der Waals surface area contributed by atoms with Gasteiger partial charge in [0.2, 0.25) is 0 Å². The maximum atomic E-state index is 11.7. The molecule has 2 bridgehead atoms. The number of rotatable bonds is 2. The summed E-state index contributed by atoms with van der Waals surface area (Å²) in [5.41, 5.74) is 3.23. The van der Waals surface area contributed by atoms with Gasteiger partial charge in [-0.1, -0.05) is 11.6 Å². The quantitative estimate of drug-likeness (QED) is 0.717. The Morgan fingerprint density at radius 2 is 2.21 bits per heavy atom. The van der Waals surface area contributed by atoms with Gasteiger partial charge in [-0.2, -0.15) is 5.10 Å². The van der Waals surface area contributed by atoms with Crippen LogP contribution in [0.25, 0.3) is 0 Å². The van der Waals surface area contributed by atoms with Crippen molar-refractivity contribution in [2.75, 3.05) is 24.5 Å². The number of anilines is 1. The molecule has 0 atom stereocenters. The van der Waals surface area contributed by atoms with Gasteiger partial charge in [0.1, 0.15) is 5.02 Å². The number of nitrogens with one attached hydrogen (secondary N) is 3. The molecule has 24 heavy (non-hydrogen) atoms. The van der Waals surface area contributed by atoms with E-state index in [-0.39, 0.29) is 16.0 Å². The minimum atomic E-state index is -0.335. The van der Waals surface area contributed by atoms with Crippen LogP contribution in [0, 0.1) is 16.7 Å². The summed E-state index contributed by atoms with van der Waals surface area (Å²) in [6.45, 7) is 2.49. The minimum absolute atomic E-state index is 0.0477. The van der Waals surface area contributed by atoms with E-state index in [2.05, 4.69) is 20.4 Å². The van der Waals surface area contributed by atoms with Gasteiger partial charge in [-0.25, -0.2) is 5.10 Å². The largest absolute Gasteiger partial charge is 0.387 e. The highest BCUT2D eigenvalue weighted by Crippen LogP contribution is 2.44. The molecule has 4 aliphatic rings. The molecule has 128 valence electrons. The van der Waals surface area contributed by atoms with Gasteiger partial charge in [-0.05, 0) is 37.2 Å². The monoisotopic (exact) mass is 347 g/mol. The summed E-state index contributed by atoms with van der Waals surface area (Å²) in [5, 5.41) is 18.0. The van der Waals surface area contributed by atoms with Crippen LogP contribution in [-0.4, -0.2) is 36.0 Å². The maximum absolute atomic E-state index is 11.7. The van der Waals surface area contributed by atoms with Gasteiger partial charge in [-0.15, -0.1) is 0 Å². The predicted octanol–water partition coefficient (Wildman–Crippen LogP) is 2.32. The molecule has 0 aromatic carbocycles. The third kappa shape index (κ3) is 2.53. The fourth-order valence-corrected chi connectivity index (χ4v) is 4.57. The second-order valence-electron chi connectivity index (χ2n) is 7.21. The Morgan fingerprint density at radius 3 is 2.96 bits per heavy atom. The van der Waals surface area contributed by atoms with E-state index < -0.39 is 0 Å². The molecule has 0 radical (unpaired) electrons. The van der Waals surface area contributed by atoms with E-state index in [1.165, 1.54) is 11.3 Å². The fourth-order valence-electron chi connectivity index (χ4n) is 4.36. The van der Waals surface area contributed by atoms with Gasteiger partial charge >= 0.3 is 0 Å². The SMILES string of the molecule is N=CC12CCC(CC1)C1=C(CCN(c3cn[nH]c(=O)c3Cl)C1)NC2. The van der Waals surface area contributed by atoms with Crippen LogP contribution in [0.2, 0.25) is 5.02 Å². The summed E-state index contributed by atoms with van der Waals surface area (Å²) in [4.78, 5) is 13.9. The summed E-state index contributed by atoms with van der Waals surface area (Å²) in [5.74, 6) is 0.567. The Labute approximate surface area is 145 Å². The third-order valence-electron chi connectivity index (χ3n) is 5.93. The van der Waals surface area contributed by atoms with Crippen molar-refractivity contribution in [3.63, 3.8) is 0 Å². The molecule has 0 spiro atoms. The normalized spacial score (nSPS) is 29.5. The van der Waals surface area contributed by atoms with Crippen molar-refractivity contribution in [1.82, 2.24) is 15.5 Å². The van der Waals surface area contributed by atoms with E-state index in [1.807, 2.05) is 0 Å². The predicted molar refractivity (Wildman–Crippen MR) is 94.9 cm³/mol. The number of H-pyrrole nitrogens is 1. The summed E-state index contributed by atoms with van der Waals surface area (Å²) < 4.78 is 0. The minimum Gasteiger partial charge on any atom is -0.387 e. The van der Waals surface area contributed by atoms with E-state index in [9.17, 15) is 4.79 Å². The van der Waals surface area contributed by atoms with E-state index in [4.69, 9.17) is 17.0 Å². The molecule has 0 amide bonds. The highest BCUT2D eigenvalue weighted by molar-refractivity contribution is 6.33. The second-order valence-corrected chi connectivity index (χ2v) is 7.59. The van der Waals surface area contributed by atoms with Crippen LogP contribution in [0.3, 0.4) is 0 Å². The molecule has 4 heterocycles. The van der Waals surface area contributed by atoms with Crippen LogP contribution in [0.5, 0.6) is 0 Å². The van der Waals surface area contributed by atoms with Crippen LogP contribution < -0.4 is 15.8 Å². The smallest absolute Gasteiger partial charge is 0.285 e. The van der Waals surface area contributed by atoms with Crippen molar-refractivity contribution in [3.05, 3.63) is 32.8 Å². The molecule has 6 nitrogen and oxygen atoms in total. The number of aromatic nitrogens is 2. The van der Waals surface area contributed by atoms with Crippen molar-refractivity contribution >= 4 is 23.5 Å². The molecule has 1 aliphatic carbocycles. The van der Waals surface area contributed by atoms with Crippen LogP contribution in [-0.2, 0) is 0 Å². The molecule has 3 N–H and O–H groups in total. The van der Waals surface area contributed by atoms with Crippen LogP contribution in [0.1, 0.15) is 32.1 Å². The summed E-state index contributed by atoms with van der Waals surface area (Å²) in [6.07, 6.45) is 8.68. The molecule has 1 aromatic heterocycles. The average Bonchev–Trinajstić information content (AvgIpc) is 2.60. The number of hydrogen-bond acceptors (Lipinski definition) is 5. The first-order valence-corrected chi connectivity index (χ1v) is 8.95. The van der Waals surface area contributed by atoms with Gasteiger partial charge in [0.15, 0.2) is 0 Å². The van der Waals surface area contributed by atoms with Gasteiger partial charge in [0.25, 0.3) is 5.56 Å². The first kappa shape index (κ1) is 15.7. The molecule has 7 heteroatoms. The van der Waals surface area contributed by atoms with E-state index >= 15 is 0 Å². The third-order valence-corrected chi connectivity index (χ3v) is 6.30. The Bertz CT molecular complexity index is 748. The fraction of sp³-hybridized carbons (Fsp3) is 0.588.